The molecule has 0 spiro atoms. The minimum absolute atomic E-state index is 0.0289. The maximum Gasteiger partial charge on any atom is 0.234 e. The van der Waals surface area contributed by atoms with E-state index in [1.54, 1.807) is 24.3 Å². The lowest BCUT2D eigenvalue weighted by Crippen LogP contribution is -2.15. The molecule has 0 unspecified atom stereocenters. The van der Waals surface area contributed by atoms with Gasteiger partial charge in [0.25, 0.3) is 0 Å². The number of nitrogens with one attached hydrogen (secondary N) is 1. The van der Waals surface area contributed by atoms with E-state index in [4.69, 9.17) is 0 Å². The van der Waals surface area contributed by atoms with Crippen molar-refractivity contribution in [1.82, 2.24) is 14.8 Å². The first-order valence-electron chi connectivity index (χ1n) is 10.6. The summed E-state index contributed by atoms with van der Waals surface area (Å²) < 4.78 is 2.06. The van der Waals surface area contributed by atoms with Crippen LogP contribution in [0.1, 0.15) is 61.6 Å². The molecule has 0 aliphatic heterocycles. The lowest BCUT2D eigenvalue weighted by atomic mass is 9.86. The van der Waals surface area contributed by atoms with Crippen LogP contribution in [0.4, 0.5) is 5.69 Å². The van der Waals surface area contributed by atoms with Gasteiger partial charge in [0.2, 0.25) is 5.91 Å². The molecule has 1 aromatic heterocycles. The SMILES string of the molecule is C=CCn1c(CCC2CCCCC2)nnc1SCC(=O)Nc1cccc(C(C)=O)c1. The molecule has 1 aromatic carbocycles. The van der Waals surface area contributed by atoms with Crippen molar-refractivity contribution >= 4 is 29.1 Å². The highest BCUT2D eigenvalue weighted by atomic mass is 32.2. The van der Waals surface area contributed by atoms with Gasteiger partial charge in [-0.05, 0) is 31.4 Å². The summed E-state index contributed by atoms with van der Waals surface area (Å²) >= 11 is 1.37. The fraction of sp³-hybridized carbons (Fsp3) is 0.478. The highest BCUT2D eigenvalue weighted by molar-refractivity contribution is 7.99. The molecule has 6 nitrogen and oxygen atoms in total. The van der Waals surface area contributed by atoms with Gasteiger partial charge >= 0.3 is 0 Å². The summed E-state index contributed by atoms with van der Waals surface area (Å²) in [6, 6.07) is 6.96. The van der Waals surface area contributed by atoms with Crippen LogP contribution in [-0.2, 0) is 17.8 Å². The average Bonchev–Trinajstić information content (AvgIpc) is 3.13. The van der Waals surface area contributed by atoms with Crippen molar-refractivity contribution in [3.63, 3.8) is 0 Å². The van der Waals surface area contributed by atoms with Gasteiger partial charge in [-0.3, -0.25) is 9.59 Å². The largest absolute Gasteiger partial charge is 0.325 e. The molecule has 1 fully saturated rings. The Balaban J connectivity index is 1.56. The zero-order chi connectivity index (χ0) is 21.3. The van der Waals surface area contributed by atoms with E-state index in [1.807, 2.05) is 6.08 Å². The smallest absolute Gasteiger partial charge is 0.234 e. The van der Waals surface area contributed by atoms with Crippen molar-refractivity contribution in [3.05, 3.63) is 48.3 Å². The van der Waals surface area contributed by atoms with Gasteiger partial charge in [-0.2, -0.15) is 0 Å². The number of hydrogen-bond acceptors (Lipinski definition) is 5. The third-order valence-corrected chi connectivity index (χ3v) is 6.46. The van der Waals surface area contributed by atoms with E-state index < -0.39 is 0 Å². The van der Waals surface area contributed by atoms with E-state index in [9.17, 15) is 9.59 Å². The van der Waals surface area contributed by atoms with Gasteiger partial charge in [0.05, 0.1) is 5.75 Å². The minimum Gasteiger partial charge on any atom is -0.325 e. The third kappa shape index (κ3) is 6.29. The number of aryl methyl sites for hydroxylation is 1. The van der Waals surface area contributed by atoms with Crippen molar-refractivity contribution in [2.75, 3.05) is 11.1 Å². The van der Waals surface area contributed by atoms with Gasteiger partial charge in [0.1, 0.15) is 5.82 Å². The minimum atomic E-state index is -0.141. The predicted molar refractivity (Wildman–Crippen MR) is 121 cm³/mol. The Morgan fingerprint density at radius 3 is 2.80 bits per heavy atom. The molecule has 30 heavy (non-hydrogen) atoms. The second kappa shape index (κ2) is 11.1. The normalized spacial score (nSPS) is 14.4. The number of carbonyl (C=O) groups excluding carboxylic acids is 2. The van der Waals surface area contributed by atoms with Gasteiger partial charge in [0, 0.05) is 24.2 Å². The van der Waals surface area contributed by atoms with Gasteiger partial charge < -0.3 is 9.88 Å². The van der Waals surface area contributed by atoms with Gasteiger partial charge in [-0.1, -0.05) is 62.1 Å². The molecule has 1 aliphatic rings. The van der Waals surface area contributed by atoms with E-state index >= 15 is 0 Å². The van der Waals surface area contributed by atoms with Crippen molar-refractivity contribution in [2.45, 2.75) is 63.6 Å². The molecule has 1 saturated carbocycles. The number of nitrogens with zero attached hydrogens (tertiary/aromatic N) is 3. The van der Waals surface area contributed by atoms with Gasteiger partial charge in [-0.15, -0.1) is 16.8 Å². The second-order valence-electron chi connectivity index (χ2n) is 7.81. The molecule has 0 atom stereocenters. The summed E-state index contributed by atoms with van der Waals surface area (Å²) in [5.74, 6) is 1.82. The van der Waals surface area contributed by atoms with E-state index in [1.165, 1.54) is 50.8 Å². The Morgan fingerprint density at radius 2 is 2.07 bits per heavy atom. The summed E-state index contributed by atoms with van der Waals surface area (Å²) in [5.41, 5.74) is 1.20. The van der Waals surface area contributed by atoms with Crippen LogP contribution in [0.25, 0.3) is 0 Å². The number of anilines is 1. The van der Waals surface area contributed by atoms with E-state index in [0.29, 0.717) is 17.8 Å². The van der Waals surface area contributed by atoms with E-state index in [2.05, 4.69) is 26.7 Å². The third-order valence-electron chi connectivity index (χ3n) is 5.49. The summed E-state index contributed by atoms with van der Waals surface area (Å²) in [4.78, 5) is 23.9. The molecule has 0 saturated heterocycles. The highest BCUT2D eigenvalue weighted by Gasteiger charge is 2.17. The van der Waals surface area contributed by atoms with Gasteiger partial charge in [0.15, 0.2) is 10.9 Å². The summed E-state index contributed by atoms with van der Waals surface area (Å²) in [7, 11) is 0. The lowest BCUT2D eigenvalue weighted by Gasteiger charge is -2.21. The quantitative estimate of drug-likeness (QED) is 0.332. The number of benzene rings is 1. The molecular formula is C23H30N4O2S. The molecule has 1 aliphatic carbocycles. The van der Waals surface area contributed by atoms with Gasteiger partial charge in [-0.25, -0.2) is 0 Å². The number of thioether (sulfide) groups is 1. The van der Waals surface area contributed by atoms with Crippen molar-refractivity contribution in [3.8, 4) is 0 Å². The number of amides is 1. The Morgan fingerprint density at radius 1 is 1.27 bits per heavy atom. The Kier molecular flexibility index (Phi) is 8.25. The monoisotopic (exact) mass is 426 g/mol. The first-order chi connectivity index (χ1) is 14.6. The van der Waals surface area contributed by atoms with Crippen LogP contribution < -0.4 is 5.32 Å². The van der Waals surface area contributed by atoms with Crippen LogP contribution in [0.15, 0.2) is 42.1 Å². The van der Waals surface area contributed by atoms with Crippen molar-refractivity contribution in [1.29, 1.82) is 0 Å². The summed E-state index contributed by atoms with van der Waals surface area (Å²) in [6.07, 6.45) is 10.6. The molecule has 3 rings (SSSR count). The first-order valence-corrected chi connectivity index (χ1v) is 11.6. The number of carbonyl (C=O) groups is 2. The Hall–Kier alpha value is -2.41. The molecule has 0 radical (unpaired) electrons. The molecule has 0 bridgehead atoms. The Labute approximate surface area is 182 Å². The molecular weight excluding hydrogens is 396 g/mol. The standard InChI is InChI=1S/C23H30N4O2S/c1-3-14-27-21(13-12-18-8-5-4-6-9-18)25-26-23(27)30-16-22(29)24-20-11-7-10-19(15-20)17(2)28/h3,7,10-11,15,18H,1,4-6,8-9,12-14,16H2,2H3,(H,24,29). The predicted octanol–water partition coefficient (Wildman–Crippen LogP) is 4.91. The number of allylic oxidation sites excluding steroid dienone is 1. The average molecular weight is 427 g/mol. The zero-order valence-electron chi connectivity index (χ0n) is 17.6. The van der Waals surface area contributed by atoms with Crippen LogP contribution in [0.5, 0.6) is 0 Å². The topological polar surface area (TPSA) is 76.9 Å². The van der Waals surface area contributed by atoms with E-state index in [0.717, 1.165) is 29.7 Å². The number of aromatic nitrogens is 3. The molecule has 1 heterocycles. The lowest BCUT2D eigenvalue weighted by molar-refractivity contribution is -0.113. The Bertz CT molecular complexity index is 887. The van der Waals surface area contributed by atoms with Crippen LogP contribution in [-0.4, -0.2) is 32.2 Å². The number of Topliss-reactive ketones (excluding diaryl/α,β-unsaturated/α-hetero) is 1. The van der Waals surface area contributed by atoms with Crippen molar-refractivity contribution in [2.24, 2.45) is 5.92 Å². The first kappa shape index (κ1) is 22.3. The van der Waals surface area contributed by atoms with Crippen LogP contribution in [0.2, 0.25) is 0 Å². The fourth-order valence-corrected chi connectivity index (χ4v) is 4.64. The van der Waals surface area contributed by atoms with Crippen molar-refractivity contribution < 1.29 is 9.59 Å². The fourth-order valence-electron chi connectivity index (χ4n) is 3.88. The van der Waals surface area contributed by atoms with E-state index in [-0.39, 0.29) is 17.4 Å². The summed E-state index contributed by atoms with van der Waals surface area (Å²) in [5, 5.41) is 12.3. The van der Waals surface area contributed by atoms with Crippen LogP contribution >= 0.6 is 11.8 Å². The number of hydrogen-bond donors (Lipinski definition) is 1. The van der Waals surface area contributed by atoms with Crippen LogP contribution in [0, 0.1) is 5.92 Å². The number of rotatable bonds is 10. The van der Waals surface area contributed by atoms with Crippen LogP contribution in [0.3, 0.4) is 0 Å². The second-order valence-corrected chi connectivity index (χ2v) is 8.76. The molecule has 2 aromatic rings. The molecule has 7 heteroatoms. The molecule has 1 N–H and O–H groups in total. The zero-order valence-corrected chi connectivity index (χ0v) is 18.4. The maximum absolute atomic E-state index is 12.4. The summed E-state index contributed by atoms with van der Waals surface area (Å²) in [6.45, 7) is 5.99. The number of ketones is 1. The highest BCUT2D eigenvalue weighted by Crippen LogP contribution is 2.28. The molecule has 1 amide bonds. The maximum atomic E-state index is 12.4. The molecule has 160 valence electrons.